The maximum atomic E-state index is 10.8. The number of hydrogen-bond acceptors (Lipinski definition) is 5. The van der Waals surface area contributed by atoms with E-state index in [0.717, 1.165) is 10.9 Å². The molecule has 19 heavy (non-hydrogen) atoms. The number of carboxylic acids is 1. The first-order chi connectivity index (χ1) is 8.90. The van der Waals surface area contributed by atoms with Crippen LogP contribution in [-0.4, -0.2) is 30.9 Å². The third kappa shape index (κ3) is 2.40. The van der Waals surface area contributed by atoms with E-state index in [9.17, 15) is 20.0 Å². The first kappa shape index (κ1) is 13.0. The number of carbonyl (C=O) groups is 1. The Labute approximate surface area is 114 Å². The number of benzene rings is 1. The minimum Gasteiger partial charge on any atom is -0.504 e. The van der Waals surface area contributed by atoms with Crippen LogP contribution in [0.1, 0.15) is 10.5 Å². The smallest absolute Gasteiger partial charge is 0.360 e. The molecule has 0 aliphatic carbocycles. The second kappa shape index (κ2) is 4.69. The lowest BCUT2D eigenvalue weighted by molar-refractivity contribution is -0.385. The molecule has 9 heteroatoms. The van der Waals surface area contributed by atoms with E-state index >= 15 is 0 Å². The molecule has 0 unspecified atom stereocenters. The van der Waals surface area contributed by atoms with Crippen molar-refractivity contribution in [3.63, 3.8) is 0 Å². The number of aromatic hydroxyl groups is 1. The van der Waals surface area contributed by atoms with Crippen LogP contribution in [0, 0.1) is 10.1 Å². The van der Waals surface area contributed by atoms with Gasteiger partial charge in [0.05, 0.1) is 21.3 Å². The third-order valence-corrected chi connectivity index (χ3v) is 2.96. The first-order valence-electron chi connectivity index (χ1n) is 4.86. The van der Waals surface area contributed by atoms with E-state index in [-0.39, 0.29) is 15.8 Å². The fourth-order valence-corrected chi connectivity index (χ4v) is 1.82. The summed E-state index contributed by atoms with van der Waals surface area (Å²) in [4.78, 5) is 20.9. The van der Waals surface area contributed by atoms with E-state index in [1.54, 1.807) is 0 Å². The van der Waals surface area contributed by atoms with E-state index < -0.39 is 22.3 Å². The maximum absolute atomic E-state index is 10.8. The van der Waals surface area contributed by atoms with E-state index in [1.165, 1.54) is 18.2 Å². The summed E-state index contributed by atoms with van der Waals surface area (Å²) in [6, 6.07) is 4.14. The molecule has 2 N–H and O–H groups in total. The van der Waals surface area contributed by atoms with Gasteiger partial charge in [0.15, 0.2) is 5.75 Å². The van der Waals surface area contributed by atoms with E-state index in [4.69, 9.17) is 5.11 Å². The van der Waals surface area contributed by atoms with E-state index in [1.807, 2.05) is 0 Å². The van der Waals surface area contributed by atoms with Gasteiger partial charge < -0.3 is 10.2 Å². The molecule has 0 bridgehead atoms. The number of nitrogens with zero attached hydrogens (tertiary/aromatic N) is 3. The summed E-state index contributed by atoms with van der Waals surface area (Å²) in [6.45, 7) is 0. The molecular formula is C10H6BrN3O5. The van der Waals surface area contributed by atoms with Crippen LogP contribution in [0.2, 0.25) is 0 Å². The lowest BCUT2D eigenvalue weighted by Gasteiger charge is -2.01. The highest BCUT2D eigenvalue weighted by molar-refractivity contribution is 9.10. The Morgan fingerprint density at radius 2 is 2.16 bits per heavy atom. The summed E-state index contributed by atoms with van der Waals surface area (Å²) < 4.78 is 1.34. The second-order valence-corrected chi connectivity index (χ2v) is 4.36. The fraction of sp³-hybridized carbons (Fsp3) is 0. The van der Waals surface area contributed by atoms with Gasteiger partial charge in [0.25, 0.3) is 5.69 Å². The number of aromatic nitrogens is 2. The average molecular weight is 328 g/mol. The predicted molar refractivity (Wildman–Crippen MR) is 66.5 cm³/mol. The van der Waals surface area contributed by atoms with Gasteiger partial charge in [-0.25, -0.2) is 9.48 Å². The number of rotatable bonds is 3. The standard InChI is InChI=1S/C10H6BrN3O5/c11-6-2-1-5(3-7(6)14(18)19)13-4-8(15)9(12-13)10(16)17/h1-4,15H,(H,16,17). The van der Waals surface area contributed by atoms with Crippen LogP contribution in [0.25, 0.3) is 5.69 Å². The molecule has 0 amide bonds. The molecule has 0 radical (unpaired) electrons. The molecular weight excluding hydrogens is 322 g/mol. The molecule has 0 aliphatic heterocycles. The zero-order valence-electron chi connectivity index (χ0n) is 9.15. The second-order valence-electron chi connectivity index (χ2n) is 3.51. The summed E-state index contributed by atoms with van der Waals surface area (Å²) in [7, 11) is 0. The van der Waals surface area contributed by atoms with Crippen molar-refractivity contribution in [3.05, 3.63) is 44.7 Å². The van der Waals surface area contributed by atoms with Gasteiger partial charge in [0.2, 0.25) is 5.69 Å². The summed E-state index contributed by atoms with van der Waals surface area (Å²) in [6.07, 6.45) is 1.07. The topological polar surface area (TPSA) is 118 Å². The maximum Gasteiger partial charge on any atom is 0.360 e. The zero-order valence-corrected chi connectivity index (χ0v) is 10.7. The van der Waals surface area contributed by atoms with Gasteiger partial charge >= 0.3 is 5.97 Å². The molecule has 98 valence electrons. The molecule has 1 aromatic carbocycles. The van der Waals surface area contributed by atoms with Gasteiger partial charge in [-0.2, -0.15) is 5.10 Å². The highest BCUT2D eigenvalue weighted by atomic mass is 79.9. The molecule has 0 saturated heterocycles. The fourth-order valence-electron chi connectivity index (χ4n) is 1.43. The normalized spacial score (nSPS) is 10.4. The Balaban J connectivity index is 2.53. The number of carboxylic acid groups (broad SMARTS) is 1. The quantitative estimate of drug-likeness (QED) is 0.656. The molecule has 0 fully saturated rings. The van der Waals surface area contributed by atoms with Crippen LogP contribution in [0.5, 0.6) is 5.75 Å². The Hall–Kier alpha value is -2.42. The summed E-state index contributed by atoms with van der Waals surface area (Å²) >= 11 is 3.03. The molecule has 0 spiro atoms. The van der Waals surface area contributed by atoms with E-state index in [0.29, 0.717) is 0 Å². The number of nitro benzene ring substituents is 1. The lowest BCUT2D eigenvalue weighted by Crippen LogP contribution is -2.01. The Kier molecular flexibility index (Phi) is 3.21. The Morgan fingerprint density at radius 3 is 2.68 bits per heavy atom. The van der Waals surface area contributed by atoms with Crippen molar-refractivity contribution >= 4 is 27.6 Å². The predicted octanol–water partition coefficient (Wildman–Crippen LogP) is 1.95. The van der Waals surface area contributed by atoms with Crippen LogP contribution in [0.4, 0.5) is 5.69 Å². The lowest BCUT2D eigenvalue weighted by atomic mass is 10.3. The highest BCUT2D eigenvalue weighted by Gasteiger charge is 2.18. The van der Waals surface area contributed by atoms with Crippen LogP contribution < -0.4 is 0 Å². The van der Waals surface area contributed by atoms with Crippen molar-refractivity contribution in [1.29, 1.82) is 0 Å². The monoisotopic (exact) mass is 327 g/mol. The van der Waals surface area contributed by atoms with Crippen molar-refractivity contribution < 1.29 is 19.9 Å². The molecule has 8 nitrogen and oxygen atoms in total. The molecule has 1 heterocycles. The summed E-state index contributed by atoms with van der Waals surface area (Å²) in [5.74, 6) is -1.90. The molecule has 0 atom stereocenters. The van der Waals surface area contributed by atoms with Crippen LogP contribution in [-0.2, 0) is 0 Å². The van der Waals surface area contributed by atoms with Crippen LogP contribution in [0.3, 0.4) is 0 Å². The summed E-state index contributed by atoms with van der Waals surface area (Å²) in [5.41, 5.74) is -0.451. The molecule has 2 rings (SSSR count). The SMILES string of the molecule is O=C(O)c1nn(-c2ccc(Br)c([N+](=O)[O-])c2)cc1O. The number of hydrogen-bond donors (Lipinski definition) is 2. The highest BCUT2D eigenvalue weighted by Crippen LogP contribution is 2.28. The van der Waals surface area contributed by atoms with Crippen molar-refractivity contribution in [2.24, 2.45) is 0 Å². The minimum atomic E-state index is -1.39. The summed E-state index contributed by atoms with van der Waals surface area (Å²) in [5, 5.41) is 32.6. The van der Waals surface area contributed by atoms with Gasteiger partial charge in [-0.3, -0.25) is 10.1 Å². The van der Waals surface area contributed by atoms with Gasteiger partial charge in [0.1, 0.15) is 0 Å². The molecule has 2 aromatic rings. The van der Waals surface area contributed by atoms with E-state index in [2.05, 4.69) is 21.0 Å². The zero-order chi connectivity index (χ0) is 14.2. The number of aromatic carboxylic acids is 1. The largest absolute Gasteiger partial charge is 0.504 e. The van der Waals surface area contributed by atoms with Gasteiger partial charge in [0, 0.05) is 6.07 Å². The minimum absolute atomic E-state index is 0.190. The van der Waals surface area contributed by atoms with Crippen molar-refractivity contribution in [2.45, 2.75) is 0 Å². The molecule has 0 saturated carbocycles. The van der Waals surface area contributed by atoms with Gasteiger partial charge in [-0.15, -0.1) is 0 Å². The Bertz CT molecular complexity index is 682. The molecule has 1 aromatic heterocycles. The van der Waals surface area contributed by atoms with Crippen molar-refractivity contribution in [2.75, 3.05) is 0 Å². The Morgan fingerprint density at radius 1 is 1.47 bits per heavy atom. The van der Waals surface area contributed by atoms with Crippen LogP contribution >= 0.6 is 15.9 Å². The van der Waals surface area contributed by atoms with Crippen molar-refractivity contribution in [1.82, 2.24) is 9.78 Å². The van der Waals surface area contributed by atoms with Gasteiger partial charge in [-0.05, 0) is 28.1 Å². The van der Waals surface area contributed by atoms with Gasteiger partial charge in [-0.1, -0.05) is 0 Å². The van der Waals surface area contributed by atoms with Crippen LogP contribution in [0.15, 0.2) is 28.9 Å². The average Bonchev–Trinajstić information content (AvgIpc) is 2.71. The number of halogens is 1. The molecule has 0 aliphatic rings. The number of nitro groups is 1. The first-order valence-corrected chi connectivity index (χ1v) is 5.65. The van der Waals surface area contributed by atoms with Crippen molar-refractivity contribution in [3.8, 4) is 11.4 Å². The third-order valence-electron chi connectivity index (χ3n) is 2.29.